The van der Waals surface area contributed by atoms with Gasteiger partial charge in [-0.05, 0) is 38.1 Å². The Balaban J connectivity index is 1.63. The number of ether oxygens (including phenoxy) is 1. The van der Waals surface area contributed by atoms with Gasteiger partial charge in [-0.25, -0.2) is 4.79 Å². The number of para-hydroxylation sites is 1. The van der Waals surface area contributed by atoms with Crippen LogP contribution in [0.3, 0.4) is 0 Å². The highest BCUT2D eigenvalue weighted by atomic mass is 35.5. The number of nitro groups is 1. The minimum atomic E-state index is -1.29. The molecular formula is C27H22ClN3O5. The summed E-state index contributed by atoms with van der Waals surface area (Å²) in [5.74, 6) is -1.31. The molecule has 4 rings (SSSR count). The summed E-state index contributed by atoms with van der Waals surface area (Å²) in [5, 5.41) is 13.6. The first-order valence-corrected chi connectivity index (χ1v) is 11.4. The summed E-state index contributed by atoms with van der Waals surface area (Å²) in [6.45, 7) is 3.69. The Morgan fingerprint density at radius 2 is 1.61 bits per heavy atom. The zero-order valence-corrected chi connectivity index (χ0v) is 20.2. The molecule has 1 atom stereocenters. The van der Waals surface area contributed by atoms with E-state index >= 15 is 0 Å². The first-order chi connectivity index (χ1) is 17.3. The van der Waals surface area contributed by atoms with Crippen molar-refractivity contribution in [2.45, 2.75) is 20.0 Å². The standard InChI is InChI=1S/C27H22ClN3O5/c1-17-15-22(18(2)30(17)20-11-7-4-8-12-20)27(33)36-25(19-9-5-3-6-10-19)26(32)29-24-14-13-21(31(34)35)16-23(24)28/h3-16,25H,1-2H3,(H,29,32)/t25-/m1/s1. The summed E-state index contributed by atoms with van der Waals surface area (Å²) in [4.78, 5) is 36.9. The van der Waals surface area contributed by atoms with Gasteiger partial charge in [0.25, 0.3) is 11.6 Å². The number of aryl methyl sites for hydroxylation is 1. The molecule has 0 spiro atoms. The maximum Gasteiger partial charge on any atom is 0.341 e. The largest absolute Gasteiger partial charge is 0.444 e. The van der Waals surface area contributed by atoms with Crippen molar-refractivity contribution in [2.75, 3.05) is 5.32 Å². The van der Waals surface area contributed by atoms with Crippen LogP contribution in [0.25, 0.3) is 5.69 Å². The van der Waals surface area contributed by atoms with Crippen molar-refractivity contribution in [2.24, 2.45) is 0 Å². The molecule has 0 aliphatic rings. The molecular weight excluding hydrogens is 482 g/mol. The van der Waals surface area contributed by atoms with E-state index in [-0.39, 0.29) is 16.4 Å². The van der Waals surface area contributed by atoms with Crippen LogP contribution in [0, 0.1) is 24.0 Å². The number of amides is 1. The van der Waals surface area contributed by atoms with Crippen molar-refractivity contribution < 1.29 is 19.2 Å². The summed E-state index contributed by atoms with van der Waals surface area (Å²) in [6.07, 6.45) is -1.29. The number of benzene rings is 3. The quantitative estimate of drug-likeness (QED) is 0.184. The third kappa shape index (κ3) is 5.13. The highest BCUT2D eigenvalue weighted by molar-refractivity contribution is 6.34. The minimum absolute atomic E-state index is 0.0119. The second kappa shape index (κ2) is 10.5. The Morgan fingerprint density at radius 1 is 0.972 bits per heavy atom. The highest BCUT2D eigenvalue weighted by Gasteiger charge is 2.28. The Hall–Kier alpha value is -4.43. The topological polar surface area (TPSA) is 103 Å². The first kappa shape index (κ1) is 24.7. The van der Waals surface area contributed by atoms with Gasteiger partial charge in [-0.3, -0.25) is 14.9 Å². The fourth-order valence-corrected chi connectivity index (χ4v) is 4.15. The fraction of sp³-hybridized carbons (Fsp3) is 0.111. The molecule has 0 unspecified atom stereocenters. The lowest BCUT2D eigenvalue weighted by atomic mass is 10.1. The maximum absolute atomic E-state index is 13.3. The molecule has 0 radical (unpaired) electrons. The zero-order chi connectivity index (χ0) is 25.8. The van der Waals surface area contributed by atoms with E-state index < -0.39 is 22.9 Å². The maximum atomic E-state index is 13.3. The van der Waals surface area contributed by atoms with Crippen molar-refractivity contribution in [3.05, 3.63) is 123 Å². The van der Waals surface area contributed by atoms with Crippen LogP contribution in [0.1, 0.15) is 33.4 Å². The average Bonchev–Trinajstić information content (AvgIpc) is 3.18. The lowest BCUT2D eigenvalue weighted by Crippen LogP contribution is -2.26. The van der Waals surface area contributed by atoms with E-state index in [1.54, 1.807) is 36.4 Å². The molecule has 0 aliphatic carbocycles. The van der Waals surface area contributed by atoms with Crippen LogP contribution in [0.5, 0.6) is 0 Å². The number of non-ortho nitro benzene ring substituents is 1. The van der Waals surface area contributed by atoms with Crippen LogP contribution < -0.4 is 5.32 Å². The third-order valence-electron chi connectivity index (χ3n) is 5.65. The second-order valence-electron chi connectivity index (χ2n) is 8.06. The predicted molar refractivity (Wildman–Crippen MR) is 137 cm³/mol. The molecule has 8 nitrogen and oxygen atoms in total. The number of hydrogen-bond donors (Lipinski definition) is 1. The van der Waals surface area contributed by atoms with E-state index in [1.165, 1.54) is 12.1 Å². The average molecular weight is 504 g/mol. The van der Waals surface area contributed by atoms with Crippen molar-refractivity contribution in [3.8, 4) is 5.69 Å². The van der Waals surface area contributed by atoms with Gasteiger partial charge in [0.2, 0.25) is 6.10 Å². The summed E-state index contributed by atoms with van der Waals surface area (Å²) in [6, 6.07) is 23.6. The van der Waals surface area contributed by atoms with Crippen LogP contribution in [-0.2, 0) is 9.53 Å². The molecule has 1 heterocycles. The SMILES string of the molecule is Cc1cc(C(=O)O[C@@H](C(=O)Nc2ccc([N+](=O)[O-])cc2Cl)c2ccccc2)c(C)n1-c1ccccc1. The van der Waals surface area contributed by atoms with Gasteiger partial charge in [0.05, 0.1) is 21.2 Å². The van der Waals surface area contributed by atoms with E-state index in [0.717, 1.165) is 17.4 Å². The van der Waals surface area contributed by atoms with Crippen molar-refractivity contribution in [1.29, 1.82) is 0 Å². The van der Waals surface area contributed by atoms with Crippen LogP contribution in [-0.4, -0.2) is 21.4 Å². The van der Waals surface area contributed by atoms with Gasteiger partial charge in [0, 0.05) is 34.8 Å². The Bertz CT molecular complexity index is 1430. The molecule has 1 amide bonds. The summed E-state index contributed by atoms with van der Waals surface area (Å²) in [7, 11) is 0. The normalized spacial score (nSPS) is 11.5. The van der Waals surface area contributed by atoms with Gasteiger partial charge in [0.1, 0.15) is 0 Å². The number of nitrogens with zero attached hydrogens (tertiary/aromatic N) is 2. The summed E-state index contributed by atoms with van der Waals surface area (Å²) >= 11 is 6.14. The Labute approximate surface area is 212 Å². The summed E-state index contributed by atoms with van der Waals surface area (Å²) in [5.41, 5.74) is 3.15. The number of carbonyl (C=O) groups excluding carboxylic acids is 2. The lowest BCUT2D eigenvalue weighted by Gasteiger charge is -2.18. The molecule has 4 aromatic rings. The van der Waals surface area contributed by atoms with Crippen molar-refractivity contribution in [1.82, 2.24) is 4.57 Å². The number of nitro benzene ring substituents is 1. The molecule has 0 saturated heterocycles. The number of nitrogens with one attached hydrogen (secondary N) is 1. The number of carbonyl (C=O) groups is 2. The Morgan fingerprint density at radius 3 is 2.22 bits per heavy atom. The molecule has 9 heteroatoms. The third-order valence-corrected chi connectivity index (χ3v) is 5.96. The smallest absolute Gasteiger partial charge is 0.341 e. The second-order valence-corrected chi connectivity index (χ2v) is 8.47. The fourth-order valence-electron chi connectivity index (χ4n) is 3.93. The van der Waals surface area contributed by atoms with Crippen molar-refractivity contribution >= 4 is 34.9 Å². The van der Waals surface area contributed by atoms with Gasteiger partial charge in [-0.15, -0.1) is 0 Å². The van der Waals surface area contributed by atoms with Gasteiger partial charge >= 0.3 is 5.97 Å². The van der Waals surface area contributed by atoms with E-state index in [2.05, 4.69) is 5.32 Å². The molecule has 36 heavy (non-hydrogen) atoms. The van der Waals surface area contributed by atoms with Gasteiger partial charge in [-0.2, -0.15) is 0 Å². The van der Waals surface area contributed by atoms with E-state index in [9.17, 15) is 19.7 Å². The van der Waals surface area contributed by atoms with Crippen LogP contribution in [0.4, 0.5) is 11.4 Å². The van der Waals surface area contributed by atoms with Crippen molar-refractivity contribution in [3.63, 3.8) is 0 Å². The number of anilines is 1. The van der Waals surface area contributed by atoms with Crippen LogP contribution in [0.2, 0.25) is 5.02 Å². The first-order valence-electron chi connectivity index (χ1n) is 11.0. The summed E-state index contributed by atoms with van der Waals surface area (Å²) < 4.78 is 7.66. The highest BCUT2D eigenvalue weighted by Crippen LogP contribution is 2.29. The molecule has 1 aromatic heterocycles. The van der Waals surface area contributed by atoms with E-state index in [0.29, 0.717) is 16.8 Å². The molecule has 182 valence electrons. The lowest BCUT2D eigenvalue weighted by molar-refractivity contribution is -0.384. The molecule has 0 bridgehead atoms. The van der Waals surface area contributed by atoms with Gasteiger partial charge < -0.3 is 14.6 Å². The van der Waals surface area contributed by atoms with Gasteiger partial charge in [-0.1, -0.05) is 60.1 Å². The van der Waals surface area contributed by atoms with E-state index in [4.69, 9.17) is 16.3 Å². The molecule has 0 aliphatic heterocycles. The molecule has 1 N–H and O–H groups in total. The predicted octanol–water partition coefficient (Wildman–Crippen LogP) is 6.19. The number of rotatable bonds is 7. The minimum Gasteiger partial charge on any atom is -0.444 e. The van der Waals surface area contributed by atoms with Crippen LogP contribution >= 0.6 is 11.6 Å². The number of aromatic nitrogens is 1. The zero-order valence-electron chi connectivity index (χ0n) is 19.5. The number of halogens is 1. The van der Waals surface area contributed by atoms with Gasteiger partial charge in [0.15, 0.2) is 0 Å². The molecule has 0 saturated carbocycles. The van der Waals surface area contributed by atoms with E-state index in [1.807, 2.05) is 48.7 Å². The monoisotopic (exact) mass is 503 g/mol. The Kier molecular flexibility index (Phi) is 7.17. The van der Waals surface area contributed by atoms with Crippen LogP contribution in [0.15, 0.2) is 84.9 Å². The molecule has 3 aromatic carbocycles. The molecule has 0 fully saturated rings. The number of esters is 1. The number of hydrogen-bond acceptors (Lipinski definition) is 5.